The van der Waals surface area contributed by atoms with Crippen LogP contribution in [0.4, 0.5) is 5.82 Å². The van der Waals surface area contributed by atoms with E-state index in [4.69, 9.17) is 10.8 Å². The van der Waals surface area contributed by atoms with E-state index in [-0.39, 0.29) is 0 Å². The number of carbonyl (C=O) groups is 2. The number of primary amides is 1. The van der Waals surface area contributed by atoms with Crippen LogP contribution >= 0.6 is 0 Å². The summed E-state index contributed by atoms with van der Waals surface area (Å²) in [6, 6.07) is 2.38. The molecule has 6 heteroatoms. The Kier molecular flexibility index (Phi) is 3.44. The second kappa shape index (κ2) is 4.61. The largest absolute Gasteiger partial charge is 0.480 e. The summed E-state index contributed by atoms with van der Waals surface area (Å²) in [7, 11) is 1.62. The highest BCUT2D eigenvalue weighted by Crippen LogP contribution is 2.12. The maximum atomic E-state index is 10.8. The Hall–Kier alpha value is -2.11. The summed E-state index contributed by atoms with van der Waals surface area (Å²) in [6.07, 6.45) is 1.32. The van der Waals surface area contributed by atoms with Crippen LogP contribution in [-0.2, 0) is 4.79 Å². The first-order valence-corrected chi connectivity index (χ1v) is 4.65. The third kappa shape index (κ3) is 2.47. The van der Waals surface area contributed by atoms with Crippen LogP contribution in [0.5, 0.6) is 0 Å². The first kappa shape index (κ1) is 12.0. The summed E-state index contributed by atoms with van der Waals surface area (Å²) < 4.78 is 0. The fourth-order valence-corrected chi connectivity index (χ4v) is 1.10. The monoisotopic (exact) mass is 223 g/mol. The smallest absolute Gasteiger partial charge is 0.326 e. The van der Waals surface area contributed by atoms with Crippen LogP contribution in [-0.4, -0.2) is 35.1 Å². The average Bonchev–Trinajstić information content (AvgIpc) is 2.27. The normalized spacial score (nSPS) is 11.9. The number of carbonyl (C=O) groups excluding carboxylic acids is 1. The molecule has 0 aliphatic rings. The van der Waals surface area contributed by atoms with Crippen LogP contribution in [0.3, 0.4) is 0 Å². The predicted octanol–water partition coefficient (Wildman–Crippen LogP) is 0.0898. The highest BCUT2D eigenvalue weighted by molar-refractivity contribution is 5.92. The van der Waals surface area contributed by atoms with Gasteiger partial charge >= 0.3 is 5.97 Å². The molecule has 6 nitrogen and oxygen atoms in total. The molecule has 0 aliphatic heterocycles. The minimum Gasteiger partial charge on any atom is -0.480 e. The zero-order chi connectivity index (χ0) is 12.3. The number of hydrogen-bond donors (Lipinski definition) is 2. The quantitative estimate of drug-likeness (QED) is 0.754. The fraction of sp³-hybridized carbons (Fsp3) is 0.300. The molecule has 0 aromatic carbocycles. The van der Waals surface area contributed by atoms with Crippen molar-refractivity contribution in [2.45, 2.75) is 13.0 Å². The Morgan fingerprint density at radius 1 is 1.50 bits per heavy atom. The van der Waals surface area contributed by atoms with Crippen LogP contribution in [0.2, 0.25) is 0 Å². The summed E-state index contributed by atoms with van der Waals surface area (Å²) in [5.74, 6) is -1.03. The van der Waals surface area contributed by atoms with Gasteiger partial charge in [0.15, 0.2) is 0 Å². The topological polar surface area (TPSA) is 96.5 Å². The van der Waals surface area contributed by atoms with Gasteiger partial charge in [-0.25, -0.2) is 9.78 Å². The molecular weight excluding hydrogens is 210 g/mol. The number of likely N-dealkylation sites (N-methyl/N-ethyl adjacent to an activating group) is 1. The van der Waals surface area contributed by atoms with Gasteiger partial charge in [-0.2, -0.15) is 0 Å². The highest BCUT2D eigenvalue weighted by atomic mass is 16.4. The molecule has 0 saturated carbocycles. The molecule has 0 radical (unpaired) electrons. The van der Waals surface area contributed by atoms with Crippen LogP contribution in [0.15, 0.2) is 18.3 Å². The predicted molar refractivity (Wildman–Crippen MR) is 58.3 cm³/mol. The van der Waals surface area contributed by atoms with Crippen LogP contribution in [0.25, 0.3) is 0 Å². The molecule has 1 heterocycles. The lowest BCUT2D eigenvalue weighted by molar-refractivity contribution is -0.138. The number of nitrogens with two attached hydrogens (primary N) is 1. The number of carboxylic acids is 1. The number of rotatable bonds is 4. The van der Waals surface area contributed by atoms with Crippen molar-refractivity contribution in [1.82, 2.24) is 4.98 Å². The van der Waals surface area contributed by atoms with Crippen molar-refractivity contribution in [2.24, 2.45) is 5.73 Å². The van der Waals surface area contributed by atoms with Gasteiger partial charge in [0.25, 0.3) is 0 Å². The Morgan fingerprint density at radius 2 is 2.12 bits per heavy atom. The van der Waals surface area contributed by atoms with Crippen LogP contribution in [0, 0.1) is 0 Å². The number of anilines is 1. The van der Waals surface area contributed by atoms with Gasteiger partial charge in [0.05, 0.1) is 5.56 Å². The first-order valence-electron chi connectivity index (χ1n) is 4.65. The third-order valence-electron chi connectivity index (χ3n) is 2.33. The van der Waals surface area contributed by atoms with Crippen molar-refractivity contribution in [2.75, 3.05) is 11.9 Å². The van der Waals surface area contributed by atoms with Crippen molar-refractivity contribution >= 4 is 17.7 Å². The number of aliphatic carboxylic acids is 1. The summed E-state index contributed by atoms with van der Waals surface area (Å²) >= 11 is 0. The zero-order valence-corrected chi connectivity index (χ0v) is 9.04. The van der Waals surface area contributed by atoms with E-state index in [1.54, 1.807) is 20.0 Å². The molecule has 1 aromatic rings. The first-order chi connectivity index (χ1) is 7.43. The highest BCUT2D eigenvalue weighted by Gasteiger charge is 2.18. The van der Waals surface area contributed by atoms with Crippen molar-refractivity contribution in [3.63, 3.8) is 0 Å². The Labute approximate surface area is 92.7 Å². The lowest BCUT2D eigenvalue weighted by Gasteiger charge is -2.22. The second-order valence-corrected chi connectivity index (χ2v) is 3.39. The number of aromatic nitrogens is 1. The van der Waals surface area contributed by atoms with Gasteiger partial charge in [0.1, 0.15) is 11.9 Å². The van der Waals surface area contributed by atoms with Crippen LogP contribution in [0.1, 0.15) is 17.3 Å². The number of pyridine rings is 1. The van der Waals surface area contributed by atoms with E-state index in [2.05, 4.69) is 4.98 Å². The molecule has 0 bridgehead atoms. The molecular formula is C10H13N3O3. The molecule has 16 heavy (non-hydrogen) atoms. The summed E-state index contributed by atoms with van der Waals surface area (Å²) in [5.41, 5.74) is 5.35. The van der Waals surface area contributed by atoms with Crippen molar-refractivity contribution < 1.29 is 14.7 Å². The lowest BCUT2D eigenvalue weighted by Crippen LogP contribution is -2.36. The van der Waals surface area contributed by atoms with E-state index in [0.29, 0.717) is 11.4 Å². The van der Waals surface area contributed by atoms with Gasteiger partial charge in [-0.15, -0.1) is 0 Å². The standard InChI is InChI=1S/C10H13N3O3/c1-6(10(15)16)13(2)8-4-3-7(5-12-8)9(11)14/h3-6H,1-2H3,(H2,11,14)(H,15,16). The maximum Gasteiger partial charge on any atom is 0.326 e. The Balaban J connectivity index is 2.89. The molecule has 1 amide bonds. The van der Waals surface area contributed by atoms with Gasteiger partial charge in [-0.1, -0.05) is 0 Å². The van der Waals surface area contributed by atoms with E-state index < -0.39 is 17.9 Å². The second-order valence-electron chi connectivity index (χ2n) is 3.39. The maximum absolute atomic E-state index is 10.8. The molecule has 3 N–H and O–H groups in total. The summed E-state index contributed by atoms with van der Waals surface area (Å²) in [6.45, 7) is 1.55. The third-order valence-corrected chi connectivity index (χ3v) is 2.33. The number of amides is 1. The number of nitrogens with zero attached hydrogens (tertiary/aromatic N) is 2. The summed E-state index contributed by atoms with van der Waals surface area (Å²) in [4.78, 5) is 27.0. The van der Waals surface area contributed by atoms with E-state index >= 15 is 0 Å². The van der Waals surface area contributed by atoms with E-state index in [9.17, 15) is 9.59 Å². The molecule has 0 aliphatic carbocycles. The molecule has 0 saturated heterocycles. The average molecular weight is 223 g/mol. The SMILES string of the molecule is CC(C(=O)O)N(C)c1ccc(C(N)=O)cn1. The summed E-state index contributed by atoms with van der Waals surface area (Å²) in [5, 5.41) is 8.81. The molecule has 1 atom stereocenters. The van der Waals surface area contributed by atoms with Crippen LogP contribution < -0.4 is 10.6 Å². The molecule has 0 fully saturated rings. The number of carboxylic acid groups (broad SMARTS) is 1. The minimum atomic E-state index is -0.941. The molecule has 1 rings (SSSR count). The molecule has 86 valence electrons. The number of hydrogen-bond acceptors (Lipinski definition) is 4. The van der Waals surface area contributed by atoms with E-state index in [0.717, 1.165) is 0 Å². The van der Waals surface area contributed by atoms with Crippen molar-refractivity contribution in [3.8, 4) is 0 Å². The fourth-order valence-electron chi connectivity index (χ4n) is 1.10. The van der Waals surface area contributed by atoms with Crippen molar-refractivity contribution in [1.29, 1.82) is 0 Å². The zero-order valence-electron chi connectivity index (χ0n) is 9.04. The van der Waals surface area contributed by atoms with E-state index in [1.807, 2.05) is 0 Å². The van der Waals surface area contributed by atoms with Gasteiger partial charge in [-0.3, -0.25) is 4.79 Å². The molecule has 0 spiro atoms. The Morgan fingerprint density at radius 3 is 2.50 bits per heavy atom. The Bertz CT molecular complexity index is 402. The van der Waals surface area contributed by atoms with Gasteiger partial charge < -0.3 is 15.7 Å². The van der Waals surface area contributed by atoms with Gasteiger partial charge in [0.2, 0.25) is 5.91 Å². The van der Waals surface area contributed by atoms with E-state index in [1.165, 1.54) is 17.2 Å². The minimum absolute atomic E-state index is 0.292. The lowest BCUT2D eigenvalue weighted by atomic mass is 10.2. The molecule has 1 unspecified atom stereocenters. The van der Waals surface area contributed by atoms with Gasteiger partial charge in [-0.05, 0) is 19.1 Å². The van der Waals surface area contributed by atoms with Gasteiger partial charge in [0, 0.05) is 13.2 Å². The molecule has 1 aromatic heterocycles. The van der Waals surface area contributed by atoms with Crippen molar-refractivity contribution in [3.05, 3.63) is 23.9 Å².